The first-order valence-electron chi connectivity index (χ1n) is 13.8. The van der Waals surface area contributed by atoms with Gasteiger partial charge in [0.1, 0.15) is 0 Å². The molecule has 2 fully saturated rings. The minimum absolute atomic E-state index is 0.0334. The van der Waals surface area contributed by atoms with Crippen LogP contribution in [0.5, 0.6) is 0 Å². The van der Waals surface area contributed by atoms with Gasteiger partial charge in [-0.3, -0.25) is 9.59 Å². The average molecular weight is 527 g/mol. The number of carbonyl (C=O) groups is 2. The quantitative estimate of drug-likeness (QED) is 0.517. The van der Waals surface area contributed by atoms with Gasteiger partial charge in [0, 0.05) is 56.1 Å². The lowest BCUT2D eigenvalue weighted by Gasteiger charge is -2.34. The van der Waals surface area contributed by atoms with Crippen LogP contribution < -0.4 is 10.2 Å². The minimum Gasteiger partial charge on any atom is -0.378 e. The number of carbonyl (C=O) groups excluding carboxylic acids is 2. The summed E-state index contributed by atoms with van der Waals surface area (Å²) in [5.41, 5.74) is 6.45. The number of nitrogens with zero attached hydrogens (tertiary/aromatic N) is 3. The molecule has 2 aliphatic heterocycles. The first kappa shape index (κ1) is 26.9. The van der Waals surface area contributed by atoms with Crippen molar-refractivity contribution < 1.29 is 14.3 Å². The fourth-order valence-electron chi connectivity index (χ4n) is 5.24. The van der Waals surface area contributed by atoms with E-state index >= 15 is 0 Å². The van der Waals surface area contributed by atoms with Gasteiger partial charge in [-0.2, -0.15) is 0 Å². The molecule has 204 valence electrons. The maximum absolute atomic E-state index is 13.4. The zero-order valence-corrected chi connectivity index (χ0v) is 23.2. The third kappa shape index (κ3) is 6.32. The standard InChI is InChI=1S/C32H38N4O3/c1-23-10-11-29(35-14-12-34(3)13-15-35)22-30(23)31(37)33-24(2)25-6-4-7-26(20-25)27-8-5-9-28(21-27)32(38)36-16-18-39-19-17-36/h4-11,20-22,24H,12-19H2,1-3H3,(H,33,37)/t24-/m1/s1. The van der Waals surface area contributed by atoms with Crippen molar-refractivity contribution in [3.8, 4) is 11.1 Å². The molecule has 3 aromatic rings. The molecule has 2 aliphatic rings. The predicted molar refractivity (Wildman–Crippen MR) is 155 cm³/mol. The lowest BCUT2D eigenvalue weighted by Crippen LogP contribution is -2.44. The van der Waals surface area contributed by atoms with Crippen molar-refractivity contribution in [1.29, 1.82) is 0 Å². The summed E-state index contributed by atoms with van der Waals surface area (Å²) in [5.74, 6) is -0.0365. The van der Waals surface area contributed by atoms with Crippen LogP contribution in [0.2, 0.25) is 0 Å². The summed E-state index contributed by atoms with van der Waals surface area (Å²) in [6.07, 6.45) is 0. The summed E-state index contributed by atoms with van der Waals surface area (Å²) in [5, 5.41) is 3.20. The van der Waals surface area contributed by atoms with Crippen molar-refractivity contribution in [2.75, 3.05) is 64.4 Å². The SMILES string of the molecule is Cc1ccc(N2CCN(C)CC2)cc1C(=O)N[C@H](C)c1cccc(-c2cccc(C(=O)N3CCOCC3)c2)c1. The lowest BCUT2D eigenvalue weighted by atomic mass is 9.98. The van der Waals surface area contributed by atoms with Gasteiger partial charge < -0.3 is 24.8 Å². The molecular weight excluding hydrogens is 488 g/mol. The second-order valence-corrected chi connectivity index (χ2v) is 10.6. The molecule has 0 radical (unpaired) electrons. The Morgan fingerprint density at radius 1 is 0.846 bits per heavy atom. The fourth-order valence-corrected chi connectivity index (χ4v) is 5.24. The third-order valence-corrected chi connectivity index (χ3v) is 7.81. The Hall–Kier alpha value is -3.68. The highest BCUT2D eigenvalue weighted by Crippen LogP contribution is 2.26. The highest BCUT2D eigenvalue weighted by molar-refractivity contribution is 5.97. The number of ether oxygens (including phenoxy) is 1. The minimum atomic E-state index is -0.178. The van der Waals surface area contributed by atoms with Crippen LogP contribution in [0.4, 0.5) is 5.69 Å². The number of benzene rings is 3. The summed E-state index contributed by atoms with van der Waals surface area (Å²) in [4.78, 5) is 32.9. The van der Waals surface area contributed by atoms with Crippen LogP contribution in [0.15, 0.2) is 66.7 Å². The van der Waals surface area contributed by atoms with Crippen molar-refractivity contribution >= 4 is 17.5 Å². The topological polar surface area (TPSA) is 65.1 Å². The summed E-state index contributed by atoms with van der Waals surface area (Å²) >= 11 is 0. The van der Waals surface area contributed by atoms with Crippen LogP contribution in [-0.4, -0.2) is 81.1 Å². The Morgan fingerprint density at radius 3 is 2.28 bits per heavy atom. The summed E-state index contributed by atoms with van der Waals surface area (Å²) in [6.45, 7) is 10.4. The van der Waals surface area contributed by atoms with E-state index in [1.807, 2.05) is 73.3 Å². The average Bonchev–Trinajstić information content (AvgIpc) is 2.98. The zero-order valence-electron chi connectivity index (χ0n) is 23.2. The number of aryl methyl sites for hydroxylation is 1. The Kier molecular flexibility index (Phi) is 8.29. The van der Waals surface area contributed by atoms with Crippen LogP contribution in [0, 0.1) is 6.92 Å². The van der Waals surface area contributed by atoms with E-state index in [1.54, 1.807) is 0 Å². The van der Waals surface area contributed by atoms with Gasteiger partial charge in [0.15, 0.2) is 0 Å². The molecule has 0 saturated carbocycles. The molecule has 7 nitrogen and oxygen atoms in total. The molecule has 0 aromatic heterocycles. The first-order valence-corrected chi connectivity index (χ1v) is 13.8. The van der Waals surface area contributed by atoms with E-state index in [1.165, 1.54) is 0 Å². The van der Waals surface area contributed by atoms with Gasteiger partial charge in [-0.15, -0.1) is 0 Å². The molecule has 0 bridgehead atoms. The number of amides is 2. The van der Waals surface area contributed by atoms with Crippen molar-refractivity contribution in [3.05, 3.63) is 89.0 Å². The normalized spacial score (nSPS) is 17.1. The summed E-state index contributed by atoms with van der Waals surface area (Å²) in [7, 11) is 2.14. The van der Waals surface area contributed by atoms with E-state index in [2.05, 4.69) is 34.3 Å². The first-order chi connectivity index (χ1) is 18.9. The molecule has 2 saturated heterocycles. The molecule has 2 amide bonds. The highest BCUT2D eigenvalue weighted by atomic mass is 16.5. The number of nitrogens with one attached hydrogen (secondary N) is 1. The Bertz CT molecular complexity index is 1330. The molecule has 1 atom stereocenters. The molecule has 3 aromatic carbocycles. The van der Waals surface area contributed by atoms with Gasteiger partial charge in [-0.1, -0.05) is 36.4 Å². The number of hydrogen-bond donors (Lipinski definition) is 1. The number of morpholine rings is 1. The fraction of sp³-hybridized carbons (Fsp3) is 0.375. The largest absolute Gasteiger partial charge is 0.378 e. The van der Waals surface area contributed by atoms with Crippen LogP contribution in [0.1, 0.15) is 44.8 Å². The van der Waals surface area contributed by atoms with E-state index in [0.717, 1.165) is 54.1 Å². The van der Waals surface area contributed by atoms with Gasteiger partial charge in [0.25, 0.3) is 11.8 Å². The van der Waals surface area contributed by atoms with Crippen LogP contribution in [-0.2, 0) is 4.74 Å². The van der Waals surface area contributed by atoms with Crippen LogP contribution in [0.3, 0.4) is 0 Å². The molecular formula is C32H38N4O3. The van der Waals surface area contributed by atoms with Crippen LogP contribution >= 0.6 is 0 Å². The number of piperazine rings is 1. The Labute approximate surface area is 231 Å². The van der Waals surface area contributed by atoms with Gasteiger partial charge in [0.05, 0.1) is 19.3 Å². The van der Waals surface area contributed by atoms with Crippen molar-refractivity contribution in [1.82, 2.24) is 15.1 Å². The van der Waals surface area contributed by atoms with Gasteiger partial charge in [0.2, 0.25) is 0 Å². The molecule has 7 heteroatoms. The van der Waals surface area contributed by atoms with E-state index in [-0.39, 0.29) is 17.9 Å². The predicted octanol–water partition coefficient (Wildman–Crippen LogP) is 4.38. The molecule has 0 spiro atoms. The maximum Gasteiger partial charge on any atom is 0.254 e. The molecule has 39 heavy (non-hydrogen) atoms. The van der Waals surface area contributed by atoms with Crippen LogP contribution in [0.25, 0.3) is 11.1 Å². The number of anilines is 1. The van der Waals surface area contributed by atoms with E-state index in [4.69, 9.17) is 4.74 Å². The molecule has 0 aliphatic carbocycles. The lowest BCUT2D eigenvalue weighted by molar-refractivity contribution is 0.0303. The number of likely N-dealkylation sites (N-methyl/N-ethyl adjacent to an activating group) is 1. The Morgan fingerprint density at radius 2 is 1.54 bits per heavy atom. The molecule has 5 rings (SSSR count). The monoisotopic (exact) mass is 526 g/mol. The second kappa shape index (κ2) is 12.0. The van der Waals surface area contributed by atoms with Crippen molar-refractivity contribution in [2.24, 2.45) is 0 Å². The summed E-state index contributed by atoms with van der Waals surface area (Å²) in [6, 6.07) is 21.9. The van der Waals surface area contributed by atoms with Crippen molar-refractivity contribution in [3.63, 3.8) is 0 Å². The smallest absolute Gasteiger partial charge is 0.254 e. The molecule has 2 heterocycles. The van der Waals surface area contributed by atoms with Crippen molar-refractivity contribution in [2.45, 2.75) is 19.9 Å². The van der Waals surface area contributed by atoms with Gasteiger partial charge >= 0.3 is 0 Å². The second-order valence-electron chi connectivity index (χ2n) is 10.6. The van der Waals surface area contributed by atoms with Gasteiger partial charge in [-0.25, -0.2) is 0 Å². The molecule has 1 N–H and O–H groups in total. The number of rotatable bonds is 6. The van der Waals surface area contributed by atoms with E-state index in [9.17, 15) is 9.59 Å². The highest BCUT2D eigenvalue weighted by Gasteiger charge is 2.20. The Balaban J connectivity index is 1.30. The zero-order chi connectivity index (χ0) is 27.4. The van der Waals surface area contributed by atoms with Gasteiger partial charge in [-0.05, 0) is 73.5 Å². The molecule has 0 unspecified atom stereocenters. The number of hydrogen-bond acceptors (Lipinski definition) is 5. The third-order valence-electron chi connectivity index (χ3n) is 7.81. The van der Waals surface area contributed by atoms with E-state index in [0.29, 0.717) is 37.4 Å². The summed E-state index contributed by atoms with van der Waals surface area (Å²) < 4.78 is 5.39. The maximum atomic E-state index is 13.4. The van der Waals surface area contributed by atoms with E-state index < -0.39 is 0 Å².